The van der Waals surface area contributed by atoms with Gasteiger partial charge in [0.25, 0.3) is 0 Å². The Hall–Kier alpha value is -0.930. The quantitative estimate of drug-likeness (QED) is 0.785. The van der Waals surface area contributed by atoms with Crippen molar-refractivity contribution in [2.45, 2.75) is 13.0 Å². The van der Waals surface area contributed by atoms with Crippen LogP contribution in [-0.2, 0) is 0 Å². The number of aromatic nitrogens is 1. The first-order valence-electron chi connectivity index (χ1n) is 4.84. The zero-order chi connectivity index (χ0) is 10.6. The smallest absolute Gasteiger partial charge is 0.0474 e. The summed E-state index contributed by atoms with van der Waals surface area (Å²) < 4.78 is 0. The number of pyridine rings is 1. The van der Waals surface area contributed by atoms with Crippen molar-refractivity contribution in [1.82, 2.24) is 9.88 Å². The Bertz CT molecular complexity index is 261. The number of rotatable bonds is 4. The first kappa shape index (κ1) is 11.1. The van der Waals surface area contributed by atoms with Crippen LogP contribution in [0.1, 0.15) is 18.5 Å². The summed E-state index contributed by atoms with van der Waals surface area (Å²) >= 11 is 0. The lowest BCUT2D eigenvalue weighted by Gasteiger charge is -2.29. The Kier molecular flexibility index (Phi) is 4.04. The predicted octanol–water partition coefficient (Wildman–Crippen LogP) is 1.31. The van der Waals surface area contributed by atoms with Gasteiger partial charge in [-0.1, -0.05) is 13.0 Å². The Balaban J connectivity index is 2.89. The largest absolute Gasteiger partial charge is 0.396 e. The van der Waals surface area contributed by atoms with Crippen LogP contribution in [-0.4, -0.2) is 35.7 Å². The summed E-state index contributed by atoms with van der Waals surface area (Å²) in [6.45, 7) is 2.23. The van der Waals surface area contributed by atoms with Crippen molar-refractivity contribution in [3.8, 4) is 0 Å². The molecule has 14 heavy (non-hydrogen) atoms. The van der Waals surface area contributed by atoms with Crippen molar-refractivity contribution in [1.29, 1.82) is 0 Å². The molecule has 0 aliphatic rings. The predicted molar refractivity (Wildman–Crippen MR) is 56.9 cm³/mol. The number of aliphatic hydroxyl groups is 1. The van der Waals surface area contributed by atoms with Crippen molar-refractivity contribution in [2.75, 3.05) is 20.7 Å². The van der Waals surface area contributed by atoms with Crippen molar-refractivity contribution in [2.24, 2.45) is 5.92 Å². The summed E-state index contributed by atoms with van der Waals surface area (Å²) in [7, 11) is 4.04. The van der Waals surface area contributed by atoms with Gasteiger partial charge in [-0.2, -0.15) is 0 Å². The summed E-state index contributed by atoms with van der Waals surface area (Å²) in [4.78, 5) is 6.21. The molecular formula is C11H18N2O. The van der Waals surface area contributed by atoms with Crippen molar-refractivity contribution < 1.29 is 5.11 Å². The topological polar surface area (TPSA) is 36.4 Å². The minimum atomic E-state index is 0.192. The molecule has 1 heterocycles. The third kappa shape index (κ3) is 2.53. The van der Waals surface area contributed by atoms with Crippen LogP contribution >= 0.6 is 0 Å². The second-order valence-corrected chi connectivity index (χ2v) is 3.85. The van der Waals surface area contributed by atoms with E-state index in [-0.39, 0.29) is 18.6 Å². The first-order chi connectivity index (χ1) is 6.66. The zero-order valence-corrected chi connectivity index (χ0v) is 9.01. The van der Waals surface area contributed by atoms with Gasteiger partial charge in [0, 0.05) is 25.0 Å². The fraction of sp³-hybridized carbons (Fsp3) is 0.545. The highest BCUT2D eigenvalue weighted by Crippen LogP contribution is 2.25. The molecule has 1 aromatic heterocycles. The normalized spacial score (nSPS) is 15.5. The molecule has 0 aliphatic carbocycles. The molecule has 0 fully saturated rings. The van der Waals surface area contributed by atoms with Gasteiger partial charge in [0.05, 0.1) is 0 Å². The Morgan fingerprint density at radius 1 is 1.50 bits per heavy atom. The molecule has 0 saturated heterocycles. The minimum Gasteiger partial charge on any atom is -0.396 e. The van der Waals surface area contributed by atoms with Crippen LogP contribution in [0.3, 0.4) is 0 Å². The van der Waals surface area contributed by atoms with Gasteiger partial charge < -0.3 is 10.0 Å². The van der Waals surface area contributed by atoms with E-state index >= 15 is 0 Å². The lowest BCUT2D eigenvalue weighted by Crippen LogP contribution is -2.27. The maximum Gasteiger partial charge on any atom is 0.0474 e. The number of hydrogen-bond donors (Lipinski definition) is 1. The molecule has 78 valence electrons. The first-order valence-corrected chi connectivity index (χ1v) is 4.84. The van der Waals surface area contributed by atoms with Crippen molar-refractivity contribution >= 4 is 0 Å². The summed E-state index contributed by atoms with van der Waals surface area (Å²) in [5, 5.41) is 9.17. The highest BCUT2D eigenvalue weighted by atomic mass is 16.3. The molecule has 1 rings (SSSR count). The Morgan fingerprint density at radius 3 is 2.64 bits per heavy atom. The summed E-state index contributed by atoms with van der Waals surface area (Å²) in [5.74, 6) is 0.217. The van der Waals surface area contributed by atoms with Crippen LogP contribution in [0.2, 0.25) is 0 Å². The molecule has 0 spiro atoms. The molecule has 1 N–H and O–H groups in total. The SMILES string of the molecule is CC(CO)C(c1cccnc1)N(C)C. The summed E-state index contributed by atoms with van der Waals surface area (Å²) in [6, 6.07) is 4.20. The average molecular weight is 194 g/mol. The van der Waals surface area contributed by atoms with Crippen LogP contribution in [0, 0.1) is 5.92 Å². The molecule has 2 atom stereocenters. The van der Waals surface area contributed by atoms with Crippen LogP contribution < -0.4 is 0 Å². The lowest BCUT2D eigenvalue weighted by molar-refractivity contribution is 0.145. The fourth-order valence-corrected chi connectivity index (χ4v) is 1.79. The number of nitrogens with zero attached hydrogens (tertiary/aromatic N) is 2. The van der Waals surface area contributed by atoms with Crippen molar-refractivity contribution in [3.63, 3.8) is 0 Å². The van der Waals surface area contributed by atoms with E-state index in [1.165, 1.54) is 0 Å². The van der Waals surface area contributed by atoms with E-state index in [2.05, 4.69) is 9.88 Å². The number of aliphatic hydroxyl groups excluding tert-OH is 1. The van der Waals surface area contributed by atoms with Gasteiger partial charge in [-0.3, -0.25) is 4.98 Å². The molecule has 0 aromatic carbocycles. The van der Waals surface area contributed by atoms with Gasteiger partial charge in [-0.15, -0.1) is 0 Å². The van der Waals surface area contributed by atoms with Crippen LogP contribution in [0.15, 0.2) is 24.5 Å². The summed E-state index contributed by atoms with van der Waals surface area (Å²) in [6.07, 6.45) is 3.62. The van der Waals surface area contributed by atoms with Gasteiger partial charge >= 0.3 is 0 Å². The van der Waals surface area contributed by atoms with E-state index in [0.717, 1.165) is 5.56 Å². The fourth-order valence-electron chi connectivity index (χ4n) is 1.79. The van der Waals surface area contributed by atoms with E-state index in [4.69, 9.17) is 5.11 Å². The molecule has 2 unspecified atom stereocenters. The molecule has 0 amide bonds. The third-order valence-corrected chi connectivity index (χ3v) is 2.41. The van der Waals surface area contributed by atoms with E-state index in [9.17, 15) is 0 Å². The maximum atomic E-state index is 9.17. The van der Waals surface area contributed by atoms with E-state index in [0.29, 0.717) is 0 Å². The lowest BCUT2D eigenvalue weighted by atomic mass is 9.95. The van der Waals surface area contributed by atoms with E-state index in [1.807, 2.05) is 39.3 Å². The van der Waals surface area contributed by atoms with E-state index in [1.54, 1.807) is 6.20 Å². The molecule has 0 bridgehead atoms. The molecule has 3 heteroatoms. The standard InChI is InChI=1S/C11H18N2O/c1-9(8-14)11(13(2)3)10-5-4-6-12-7-10/h4-7,9,11,14H,8H2,1-3H3. The second-order valence-electron chi connectivity index (χ2n) is 3.85. The third-order valence-electron chi connectivity index (χ3n) is 2.41. The second kappa shape index (κ2) is 5.08. The van der Waals surface area contributed by atoms with Crippen molar-refractivity contribution in [3.05, 3.63) is 30.1 Å². The molecule has 3 nitrogen and oxygen atoms in total. The van der Waals surface area contributed by atoms with Gasteiger partial charge in [-0.25, -0.2) is 0 Å². The van der Waals surface area contributed by atoms with Gasteiger partial charge in [0.1, 0.15) is 0 Å². The maximum absolute atomic E-state index is 9.17. The van der Waals surface area contributed by atoms with E-state index < -0.39 is 0 Å². The molecule has 0 radical (unpaired) electrons. The molecule has 0 aliphatic heterocycles. The highest BCUT2D eigenvalue weighted by Gasteiger charge is 2.20. The van der Waals surface area contributed by atoms with Gasteiger partial charge in [-0.05, 0) is 31.6 Å². The Labute approximate surface area is 85.4 Å². The van der Waals surface area contributed by atoms with Crippen LogP contribution in [0.5, 0.6) is 0 Å². The monoisotopic (exact) mass is 194 g/mol. The molecule has 0 saturated carbocycles. The zero-order valence-electron chi connectivity index (χ0n) is 9.01. The van der Waals surface area contributed by atoms with Crippen LogP contribution in [0.25, 0.3) is 0 Å². The van der Waals surface area contributed by atoms with Crippen LogP contribution in [0.4, 0.5) is 0 Å². The molecular weight excluding hydrogens is 176 g/mol. The highest BCUT2D eigenvalue weighted by molar-refractivity contribution is 5.14. The molecule has 1 aromatic rings. The Morgan fingerprint density at radius 2 is 2.21 bits per heavy atom. The average Bonchev–Trinajstić information content (AvgIpc) is 2.19. The minimum absolute atomic E-state index is 0.192. The summed E-state index contributed by atoms with van der Waals surface area (Å²) in [5.41, 5.74) is 1.15. The van der Waals surface area contributed by atoms with Gasteiger partial charge in [0.2, 0.25) is 0 Å². The number of hydrogen-bond acceptors (Lipinski definition) is 3. The van der Waals surface area contributed by atoms with Gasteiger partial charge in [0.15, 0.2) is 0 Å².